The van der Waals surface area contributed by atoms with Gasteiger partial charge in [-0.2, -0.15) is 0 Å². The molecule has 10 aromatic rings. The molecule has 0 bridgehead atoms. The van der Waals surface area contributed by atoms with Crippen LogP contribution in [0.5, 0.6) is 0 Å². The van der Waals surface area contributed by atoms with Crippen molar-refractivity contribution in [2.24, 2.45) is 0 Å². The van der Waals surface area contributed by atoms with Crippen LogP contribution >= 0.6 is 24.8 Å². The first kappa shape index (κ1) is 53.2. The van der Waals surface area contributed by atoms with Crippen molar-refractivity contribution in [1.29, 1.82) is 0 Å². The lowest BCUT2D eigenvalue weighted by atomic mass is 10.2. The van der Waals surface area contributed by atoms with Crippen LogP contribution in [-0.2, 0) is 60.1 Å². The van der Waals surface area contributed by atoms with E-state index >= 15 is 0 Å². The van der Waals surface area contributed by atoms with Gasteiger partial charge in [0.25, 0.3) is 0 Å². The largest absolute Gasteiger partial charge is 0.300 e. The number of aryl methyl sites for hydroxylation is 2. The molecule has 74 heavy (non-hydrogen) atoms. The van der Waals surface area contributed by atoms with Crippen molar-refractivity contribution in [1.82, 2.24) is 0 Å². The molecule has 10 heteroatoms. The summed E-state index contributed by atoms with van der Waals surface area (Å²) >= 11 is 27.8. The molecule has 368 valence electrons. The summed E-state index contributed by atoms with van der Waals surface area (Å²) in [5.41, 5.74) is 4.74. The first-order chi connectivity index (χ1) is 36.2. The highest BCUT2D eigenvalue weighted by Crippen LogP contribution is 2.68. The lowest BCUT2D eigenvalue weighted by molar-refractivity contribution is 1.14. The molecule has 0 fully saturated rings. The second-order valence-corrected chi connectivity index (χ2v) is 34.9. The summed E-state index contributed by atoms with van der Waals surface area (Å²) in [6, 6.07) is 102. The molecule has 10 rings (SSSR count). The van der Waals surface area contributed by atoms with E-state index in [0.29, 0.717) is 0 Å². The number of anilines is 2. The number of hydrogen-bond acceptors (Lipinski definition) is 4. The highest BCUT2D eigenvalue weighted by molar-refractivity contribution is 8.34. The Morgan fingerprint density at radius 3 is 0.514 bits per heavy atom. The van der Waals surface area contributed by atoms with Gasteiger partial charge in [0.05, 0.1) is 24.8 Å². The van der Waals surface area contributed by atoms with Crippen molar-refractivity contribution >= 4 is 126 Å². The Bertz CT molecular complexity index is 2950. The van der Waals surface area contributed by atoms with Crippen LogP contribution in [0, 0.1) is 0 Å². The minimum atomic E-state index is -2.62. The summed E-state index contributed by atoms with van der Waals surface area (Å²) in [7, 11) is 0. The molecule has 2 nitrogen and oxygen atoms in total. The van der Waals surface area contributed by atoms with Gasteiger partial charge in [-0.05, 0) is 48.2 Å². The van der Waals surface area contributed by atoms with Gasteiger partial charge in [0.15, 0.2) is 0 Å². The molecule has 0 aliphatic heterocycles. The van der Waals surface area contributed by atoms with E-state index < -0.39 is 24.8 Å². The van der Waals surface area contributed by atoms with Gasteiger partial charge in [-0.1, -0.05) is 328 Å². The average Bonchev–Trinajstić information content (AvgIpc) is 3.49. The predicted molar refractivity (Wildman–Crippen MR) is 342 cm³/mol. The fourth-order valence-electron chi connectivity index (χ4n) is 9.25. The molecule has 0 saturated carbocycles. The number of rotatable bonds is 16. The summed E-state index contributed by atoms with van der Waals surface area (Å²) in [4.78, 5) is 0. The fourth-order valence-corrected chi connectivity index (χ4v) is 32.8. The molecule has 0 aliphatic carbocycles. The van der Waals surface area contributed by atoms with E-state index in [-0.39, 0.29) is 0 Å². The Morgan fingerprint density at radius 1 is 0.230 bits per heavy atom. The van der Waals surface area contributed by atoms with Crippen molar-refractivity contribution < 1.29 is 0 Å². The number of hydrogen-bond donors (Lipinski definition) is 0. The molecule has 0 N–H and O–H groups in total. The zero-order valence-corrected chi connectivity index (χ0v) is 48.3. The van der Waals surface area contributed by atoms with E-state index in [2.05, 4.69) is 314 Å². The molecule has 0 heterocycles. The number of nitrogens with zero attached hydrogens (tertiary/aromatic N) is 2. The van der Waals surface area contributed by atoms with Gasteiger partial charge in [0, 0.05) is 53.8 Å². The predicted octanol–water partition coefficient (Wildman–Crippen LogP) is 14.3. The Kier molecular flexibility index (Phi) is 17.5. The van der Waals surface area contributed by atoms with Crippen molar-refractivity contribution in [2.45, 2.75) is 26.7 Å². The third-order valence-electron chi connectivity index (χ3n) is 13.1. The van der Waals surface area contributed by atoms with E-state index in [1.165, 1.54) is 11.1 Å². The van der Waals surface area contributed by atoms with E-state index in [1.54, 1.807) is 0 Å². The van der Waals surface area contributed by atoms with Crippen molar-refractivity contribution in [3.63, 3.8) is 0 Å². The second-order valence-electron chi connectivity index (χ2n) is 17.6. The summed E-state index contributed by atoms with van der Waals surface area (Å²) < 4.78 is 4.97. The van der Waals surface area contributed by atoms with E-state index in [1.807, 2.05) is 0 Å². The van der Waals surface area contributed by atoms with E-state index in [0.717, 1.165) is 66.7 Å². The van der Waals surface area contributed by atoms with Gasteiger partial charge < -0.3 is 8.88 Å². The molecule has 10 aromatic carbocycles. The average molecular weight is 1110 g/mol. The van der Waals surface area contributed by atoms with Crippen molar-refractivity contribution in [2.75, 3.05) is 8.88 Å². The Labute approximate surface area is 460 Å². The monoisotopic (exact) mass is 1110 g/mol. The van der Waals surface area contributed by atoms with Crippen LogP contribution in [0.2, 0.25) is 0 Å². The maximum Gasteiger partial charge on any atom is 0.0971 e. The third kappa shape index (κ3) is 10.8. The zero-order valence-electron chi connectivity index (χ0n) is 41.4. The van der Waals surface area contributed by atoms with Gasteiger partial charge >= 0.3 is 0 Å². The van der Waals surface area contributed by atoms with Crippen molar-refractivity contribution in [3.05, 3.63) is 302 Å². The summed E-state index contributed by atoms with van der Waals surface area (Å²) in [5, 5.41) is 9.09. The minimum absolute atomic E-state index is 0.983. The lowest BCUT2D eigenvalue weighted by Crippen LogP contribution is -2.36. The topological polar surface area (TPSA) is 6.48 Å². The van der Waals surface area contributed by atoms with E-state index in [4.69, 9.17) is 47.2 Å². The molecule has 0 aliphatic rings. The van der Waals surface area contributed by atoms with Crippen LogP contribution in [0.1, 0.15) is 25.0 Å². The Morgan fingerprint density at radius 2 is 0.378 bits per heavy atom. The Hall–Kier alpha value is -5.60. The minimum Gasteiger partial charge on any atom is -0.300 e. The normalized spacial score (nSPS) is 11.7. The van der Waals surface area contributed by atoms with Gasteiger partial charge in [-0.3, -0.25) is 0 Å². The van der Waals surface area contributed by atoms with Crippen LogP contribution in [-0.4, -0.2) is 0 Å². The third-order valence-corrected chi connectivity index (χ3v) is 35.8. The molecular weight excluding hydrogens is 1050 g/mol. The molecule has 0 spiro atoms. The molecule has 0 atom stereocenters. The zero-order chi connectivity index (χ0) is 51.4. The summed E-state index contributed by atoms with van der Waals surface area (Å²) in [5.74, 6) is 0. The summed E-state index contributed by atoms with van der Waals surface area (Å²) in [6.07, 6.45) is -8.51. The van der Waals surface area contributed by atoms with Crippen LogP contribution in [0.25, 0.3) is 0 Å². The van der Waals surface area contributed by atoms with Crippen LogP contribution in [0.15, 0.2) is 291 Å². The molecule has 0 unspecified atom stereocenters. The van der Waals surface area contributed by atoms with Crippen LogP contribution in [0.4, 0.5) is 11.4 Å². The molecule has 0 saturated heterocycles. The van der Waals surface area contributed by atoms with Gasteiger partial charge in [0.1, 0.15) is 0 Å². The van der Waals surface area contributed by atoms with Gasteiger partial charge in [-0.15, -0.1) is 0 Å². The smallest absolute Gasteiger partial charge is 0.0971 e. The van der Waals surface area contributed by atoms with Crippen LogP contribution in [0.3, 0.4) is 0 Å². The van der Waals surface area contributed by atoms with Gasteiger partial charge in [0.2, 0.25) is 0 Å². The highest BCUT2D eigenvalue weighted by Gasteiger charge is 2.43. The second kappa shape index (κ2) is 24.4. The molecule has 0 aromatic heterocycles. The lowest BCUT2D eigenvalue weighted by Gasteiger charge is -2.45. The highest BCUT2D eigenvalue weighted by atomic mass is 32.5. The fraction of sp³-hybridized carbons (Fsp3) is 0.0625. The number of benzene rings is 10. The standard InChI is InChI=1S/2C32H29NP2S2/c2*1-2-27-23-25-28(26-24-27)33(34(36,29-15-7-3-8-16-29)30-17-9-4-10-18-30)35(37,31-19-11-5-12-20-31)32-21-13-6-14-22-32/h2*3-26H,2H2,1H3. The van der Waals surface area contributed by atoms with E-state index in [9.17, 15) is 0 Å². The maximum atomic E-state index is 6.95. The Balaban J connectivity index is 0.000000182. The summed E-state index contributed by atoms with van der Waals surface area (Å²) in [6.45, 7) is 4.37. The molecule has 0 amide bonds. The van der Waals surface area contributed by atoms with Crippen molar-refractivity contribution in [3.8, 4) is 0 Å². The van der Waals surface area contributed by atoms with Gasteiger partial charge in [-0.25, -0.2) is 0 Å². The first-order valence-corrected chi connectivity index (χ1v) is 35.8. The SMILES string of the molecule is CCc1ccc(N(P(=S)(c2ccccc2)c2ccccc2)P(=S)(c2ccccc2)c2ccccc2)cc1.CCc1ccc(N(P(=S)(c2ccccc2)c2ccccc2)P(=S)(c2ccccc2)c2ccccc2)cc1. The first-order valence-electron chi connectivity index (χ1n) is 24.8. The van der Waals surface area contributed by atoms with Crippen LogP contribution < -0.4 is 51.3 Å². The maximum absolute atomic E-state index is 6.95. The quantitative estimate of drug-likeness (QED) is 0.0883. The molecular formula is C64H58N2P4S4. The molecule has 0 radical (unpaired) electrons.